The van der Waals surface area contributed by atoms with Gasteiger partial charge in [0.1, 0.15) is 0 Å². The highest BCUT2D eigenvalue weighted by Crippen LogP contribution is 2.15. The fourth-order valence-electron chi connectivity index (χ4n) is 2.47. The summed E-state index contributed by atoms with van der Waals surface area (Å²) in [6, 6.07) is 0.725. The van der Waals surface area contributed by atoms with Crippen molar-refractivity contribution in [2.75, 3.05) is 26.7 Å². The highest BCUT2D eigenvalue weighted by molar-refractivity contribution is 4.78. The third kappa shape index (κ3) is 4.98. The third-order valence-electron chi connectivity index (χ3n) is 3.61. The van der Waals surface area contributed by atoms with Crippen LogP contribution in [-0.4, -0.2) is 37.6 Å². The van der Waals surface area contributed by atoms with Crippen LogP contribution in [0.25, 0.3) is 0 Å². The van der Waals surface area contributed by atoms with Gasteiger partial charge in [-0.2, -0.15) is 0 Å². The Morgan fingerprint density at radius 2 is 2.20 bits per heavy atom. The maximum absolute atomic E-state index is 3.63. The Labute approximate surface area is 95.4 Å². The molecule has 0 radical (unpaired) electrons. The smallest absolute Gasteiger partial charge is 0.0197 e. The summed E-state index contributed by atoms with van der Waals surface area (Å²) in [4.78, 5) is 2.49. The average molecular weight is 212 g/mol. The number of rotatable bonds is 5. The van der Waals surface area contributed by atoms with Crippen molar-refractivity contribution in [3.63, 3.8) is 0 Å². The number of hydrogen-bond acceptors (Lipinski definition) is 2. The van der Waals surface area contributed by atoms with E-state index < -0.39 is 0 Å². The Morgan fingerprint density at radius 1 is 1.47 bits per heavy atom. The van der Waals surface area contributed by atoms with E-state index in [1.165, 1.54) is 38.9 Å². The molecule has 1 N–H and O–H groups in total. The second-order valence-corrected chi connectivity index (χ2v) is 5.52. The summed E-state index contributed by atoms with van der Waals surface area (Å²) in [5.74, 6) is 1.74. The molecular weight excluding hydrogens is 184 g/mol. The highest BCUT2D eigenvalue weighted by Gasteiger charge is 2.19. The number of likely N-dealkylation sites (N-methyl/N-ethyl adjacent to an activating group) is 1. The van der Waals surface area contributed by atoms with Crippen molar-refractivity contribution in [1.29, 1.82) is 0 Å². The SMILES string of the molecule is CCC(C)CN(C)CC1CC(C)CCN1. The monoisotopic (exact) mass is 212 g/mol. The van der Waals surface area contributed by atoms with Crippen LogP contribution in [0, 0.1) is 11.8 Å². The molecule has 0 saturated carbocycles. The van der Waals surface area contributed by atoms with Gasteiger partial charge in [-0.3, -0.25) is 0 Å². The van der Waals surface area contributed by atoms with Crippen molar-refractivity contribution in [3.05, 3.63) is 0 Å². The van der Waals surface area contributed by atoms with Gasteiger partial charge in [-0.15, -0.1) is 0 Å². The molecule has 15 heavy (non-hydrogen) atoms. The lowest BCUT2D eigenvalue weighted by Crippen LogP contribution is -2.45. The predicted molar refractivity (Wildman–Crippen MR) is 67.1 cm³/mol. The van der Waals surface area contributed by atoms with Gasteiger partial charge in [0.15, 0.2) is 0 Å². The van der Waals surface area contributed by atoms with E-state index in [1.54, 1.807) is 0 Å². The summed E-state index contributed by atoms with van der Waals surface area (Å²) in [7, 11) is 2.26. The molecule has 1 fully saturated rings. The molecule has 90 valence electrons. The number of piperidine rings is 1. The Kier molecular flexibility index (Phi) is 5.62. The van der Waals surface area contributed by atoms with Crippen LogP contribution in [0.4, 0.5) is 0 Å². The Hall–Kier alpha value is -0.0800. The first-order valence-electron chi connectivity index (χ1n) is 6.53. The molecule has 0 aromatic rings. The highest BCUT2D eigenvalue weighted by atomic mass is 15.1. The van der Waals surface area contributed by atoms with Crippen LogP contribution in [0.2, 0.25) is 0 Å². The van der Waals surface area contributed by atoms with Crippen LogP contribution in [0.3, 0.4) is 0 Å². The van der Waals surface area contributed by atoms with E-state index in [2.05, 4.69) is 38.0 Å². The van der Waals surface area contributed by atoms with E-state index in [4.69, 9.17) is 0 Å². The maximum Gasteiger partial charge on any atom is 0.0197 e. The number of hydrogen-bond donors (Lipinski definition) is 1. The van der Waals surface area contributed by atoms with Gasteiger partial charge in [0, 0.05) is 19.1 Å². The van der Waals surface area contributed by atoms with Gasteiger partial charge in [0.2, 0.25) is 0 Å². The van der Waals surface area contributed by atoms with E-state index >= 15 is 0 Å². The van der Waals surface area contributed by atoms with Crippen molar-refractivity contribution in [1.82, 2.24) is 10.2 Å². The molecule has 2 heteroatoms. The standard InChI is InChI=1S/C13H28N2/c1-5-11(2)9-15(4)10-13-8-12(3)6-7-14-13/h11-14H,5-10H2,1-4H3. The lowest BCUT2D eigenvalue weighted by Gasteiger charge is -2.32. The van der Waals surface area contributed by atoms with Crippen molar-refractivity contribution in [3.8, 4) is 0 Å². The summed E-state index contributed by atoms with van der Waals surface area (Å²) in [6.07, 6.45) is 4.00. The van der Waals surface area contributed by atoms with Gasteiger partial charge < -0.3 is 10.2 Å². The zero-order chi connectivity index (χ0) is 11.3. The first-order valence-corrected chi connectivity index (χ1v) is 6.53. The lowest BCUT2D eigenvalue weighted by atomic mass is 9.94. The van der Waals surface area contributed by atoms with Crippen LogP contribution in [0.1, 0.15) is 40.0 Å². The van der Waals surface area contributed by atoms with Gasteiger partial charge in [-0.25, -0.2) is 0 Å². The summed E-state index contributed by atoms with van der Waals surface area (Å²) in [5.41, 5.74) is 0. The zero-order valence-corrected chi connectivity index (χ0v) is 10.9. The van der Waals surface area contributed by atoms with Crippen molar-refractivity contribution < 1.29 is 0 Å². The van der Waals surface area contributed by atoms with Crippen LogP contribution < -0.4 is 5.32 Å². The number of nitrogens with zero attached hydrogens (tertiary/aromatic N) is 1. The van der Waals surface area contributed by atoms with E-state index in [0.717, 1.165) is 17.9 Å². The predicted octanol–water partition coefficient (Wildman–Crippen LogP) is 2.35. The Bertz CT molecular complexity index is 170. The fraction of sp³-hybridized carbons (Fsp3) is 1.00. The molecule has 0 aromatic heterocycles. The Morgan fingerprint density at radius 3 is 2.80 bits per heavy atom. The Balaban J connectivity index is 2.21. The second kappa shape index (κ2) is 6.49. The largest absolute Gasteiger partial charge is 0.313 e. The molecule has 1 rings (SSSR count). The van der Waals surface area contributed by atoms with Crippen molar-refractivity contribution >= 4 is 0 Å². The number of nitrogens with one attached hydrogen (secondary N) is 1. The molecule has 2 nitrogen and oxygen atoms in total. The summed E-state index contributed by atoms with van der Waals surface area (Å²) in [6.45, 7) is 10.7. The molecule has 3 atom stereocenters. The topological polar surface area (TPSA) is 15.3 Å². The van der Waals surface area contributed by atoms with Gasteiger partial charge >= 0.3 is 0 Å². The van der Waals surface area contributed by atoms with E-state index in [1.807, 2.05) is 0 Å². The molecule has 1 saturated heterocycles. The molecule has 1 heterocycles. The molecule has 1 aliphatic heterocycles. The molecule has 0 aromatic carbocycles. The van der Waals surface area contributed by atoms with Gasteiger partial charge in [0.25, 0.3) is 0 Å². The van der Waals surface area contributed by atoms with Gasteiger partial charge in [0.05, 0.1) is 0 Å². The van der Waals surface area contributed by atoms with Crippen LogP contribution >= 0.6 is 0 Å². The fourth-order valence-corrected chi connectivity index (χ4v) is 2.47. The van der Waals surface area contributed by atoms with Crippen LogP contribution in [0.5, 0.6) is 0 Å². The summed E-state index contributed by atoms with van der Waals surface area (Å²) in [5, 5.41) is 3.63. The maximum atomic E-state index is 3.63. The van der Waals surface area contributed by atoms with E-state index in [-0.39, 0.29) is 0 Å². The zero-order valence-electron chi connectivity index (χ0n) is 10.9. The van der Waals surface area contributed by atoms with Crippen LogP contribution in [-0.2, 0) is 0 Å². The molecule has 0 bridgehead atoms. The molecular formula is C13H28N2. The van der Waals surface area contributed by atoms with Gasteiger partial charge in [-0.1, -0.05) is 27.2 Å². The average Bonchev–Trinajstić information content (AvgIpc) is 2.17. The first-order chi connectivity index (χ1) is 7.11. The van der Waals surface area contributed by atoms with Crippen LogP contribution in [0.15, 0.2) is 0 Å². The molecule has 0 spiro atoms. The minimum absolute atomic E-state index is 0.725. The molecule has 3 unspecified atom stereocenters. The van der Waals surface area contributed by atoms with Crippen molar-refractivity contribution in [2.24, 2.45) is 11.8 Å². The second-order valence-electron chi connectivity index (χ2n) is 5.52. The van der Waals surface area contributed by atoms with E-state index in [9.17, 15) is 0 Å². The minimum atomic E-state index is 0.725. The summed E-state index contributed by atoms with van der Waals surface area (Å²) < 4.78 is 0. The van der Waals surface area contributed by atoms with Crippen molar-refractivity contribution in [2.45, 2.75) is 46.1 Å². The first kappa shape index (κ1) is 13.0. The lowest BCUT2D eigenvalue weighted by molar-refractivity contribution is 0.215. The normalized spacial score (nSPS) is 29.4. The van der Waals surface area contributed by atoms with Gasteiger partial charge in [-0.05, 0) is 38.3 Å². The molecule has 1 aliphatic rings. The third-order valence-corrected chi connectivity index (χ3v) is 3.61. The molecule has 0 aliphatic carbocycles. The molecule has 0 amide bonds. The minimum Gasteiger partial charge on any atom is -0.313 e. The van der Waals surface area contributed by atoms with E-state index in [0.29, 0.717) is 0 Å². The summed E-state index contributed by atoms with van der Waals surface area (Å²) >= 11 is 0. The quantitative estimate of drug-likeness (QED) is 0.752.